The second kappa shape index (κ2) is 11.7. The van der Waals surface area contributed by atoms with Crippen LogP contribution < -0.4 is 10.5 Å². The lowest BCUT2D eigenvalue weighted by Crippen LogP contribution is -2.22. The van der Waals surface area contributed by atoms with Crippen LogP contribution in [0.2, 0.25) is 0 Å². The fourth-order valence-corrected chi connectivity index (χ4v) is 2.82. The van der Waals surface area contributed by atoms with Crippen LogP contribution in [-0.4, -0.2) is 29.2 Å². The van der Waals surface area contributed by atoms with Crippen molar-refractivity contribution >= 4 is 23.0 Å². The molecule has 30 heavy (non-hydrogen) atoms. The number of hydrogen-bond donors (Lipinski definition) is 2. The minimum Gasteiger partial charge on any atom is -0.479 e. The van der Waals surface area contributed by atoms with E-state index in [0.717, 1.165) is 22.2 Å². The fraction of sp³-hybridized carbons (Fsp3) is 0.292. The maximum atomic E-state index is 7.69. The molecular formula is C24H30N4O2. The predicted octanol–water partition coefficient (Wildman–Crippen LogP) is 5.42. The molecule has 3 N–H and O–H groups in total. The minimum absolute atomic E-state index is 0.199. The summed E-state index contributed by atoms with van der Waals surface area (Å²) < 4.78 is 10.6. The molecule has 0 amide bonds. The first-order valence-electron chi connectivity index (χ1n) is 10.1. The lowest BCUT2D eigenvalue weighted by Gasteiger charge is -2.09. The highest BCUT2D eigenvalue weighted by Gasteiger charge is 2.11. The van der Waals surface area contributed by atoms with Gasteiger partial charge in [-0.2, -0.15) is 0 Å². The van der Waals surface area contributed by atoms with E-state index >= 15 is 0 Å². The molecule has 1 unspecified atom stereocenters. The van der Waals surface area contributed by atoms with Gasteiger partial charge in [-0.05, 0) is 37.1 Å². The molecule has 6 nitrogen and oxygen atoms in total. The zero-order valence-corrected chi connectivity index (χ0v) is 18.1. The highest BCUT2D eigenvalue weighted by Crippen LogP contribution is 2.29. The lowest BCUT2D eigenvalue weighted by atomic mass is 10.1. The molecule has 0 saturated carbocycles. The van der Waals surface area contributed by atoms with Crippen LogP contribution in [0.5, 0.6) is 5.88 Å². The molecule has 1 heterocycles. The number of methoxy groups -OCH3 is 1. The van der Waals surface area contributed by atoms with E-state index in [1.807, 2.05) is 74.5 Å². The second-order valence-corrected chi connectivity index (χ2v) is 6.38. The Balaban J connectivity index is 0.00000155. The van der Waals surface area contributed by atoms with Crippen molar-refractivity contribution in [2.75, 3.05) is 7.11 Å². The molecule has 0 bridgehead atoms. The van der Waals surface area contributed by atoms with E-state index in [0.29, 0.717) is 24.4 Å². The molecule has 3 rings (SSSR count). The van der Waals surface area contributed by atoms with Gasteiger partial charge in [-0.15, -0.1) is 0 Å². The van der Waals surface area contributed by atoms with Crippen molar-refractivity contribution in [3.05, 3.63) is 60.2 Å². The third kappa shape index (κ3) is 6.39. The van der Waals surface area contributed by atoms with Gasteiger partial charge in [0.1, 0.15) is 11.9 Å². The van der Waals surface area contributed by atoms with Gasteiger partial charge < -0.3 is 9.47 Å². The maximum Gasteiger partial charge on any atom is 0.240 e. The summed E-state index contributed by atoms with van der Waals surface area (Å²) in [5, 5.41) is 7.69. The number of fused-ring (bicyclic) bond motifs is 1. The number of nitrogens with zero attached hydrogens (tertiary/aromatic N) is 2. The van der Waals surface area contributed by atoms with Crippen LogP contribution in [-0.2, 0) is 4.74 Å². The van der Waals surface area contributed by atoms with E-state index in [9.17, 15) is 0 Å². The highest BCUT2D eigenvalue weighted by atomic mass is 16.5. The Kier molecular flexibility index (Phi) is 8.97. The molecule has 3 aromatic rings. The number of rotatable bonds is 7. The zero-order valence-electron chi connectivity index (χ0n) is 18.1. The molecular weight excluding hydrogens is 376 g/mol. The zero-order chi connectivity index (χ0) is 21.9. The van der Waals surface area contributed by atoms with Gasteiger partial charge in [0.15, 0.2) is 5.90 Å². The molecule has 6 heteroatoms. The van der Waals surface area contributed by atoms with Gasteiger partial charge >= 0.3 is 0 Å². The van der Waals surface area contributed by atoms with E-state index in [4.69, 9.17) is 25.6 Å². The first-order valence-corrected chi connectivity index (χ1v) is 10.1. The van der Waals surface area contributed by atoms with Crippen molar-refractivity contribution in [3.8, 4) is 17.1 Å². The van der Waals surface area contributed by atoms with E-state index in [2.05, 4.69) is 4.98 Å². The molecule has 158 valence electrons. The summed E-state index contributed by atoms with van der Waals surface area (Å²) >= 11 is 0. The van der Waals surface area contributed by atoms with Crippen molar-refractivity contribution in [2.45, 2.75) is 39.8 Å². The third-order valence-electron chi connectivity index (χ3n) is 4.07. The molecule has 0 fully saturated rings. The SMILES string of the molecule is CC.COc1nc2ccccc2nc1-c1cccc(/C=C/CCC(=N)OC(C)N)c1. The summed E-state index contributed by atoms with van der Waals surface area (Å²) in [6.07, 6.45) is 4.80. The Bertz CT molecular complexity index is 999. The quantitative estimate of drug-likeness (QED) is 0.310. The first kappa shape index (κ1) is 23.0. The monoisotopic (exact) mass is 406 g/mol. The number of nitrogens with two attached hydrogens (primary N) is 1. The van der Waals surface area contributed by atoms with Crippen LogP contribution in [0.25, 0.3) is 28.4 Å². The Hall–Kier alpha value is -3.25. The summed E-state index contributed by atoms with van der Waals surface area (Å²) in [6.45, 7) is 5.71. The average molecular weight is 407 g/mol. The Morgan fingerprint density at radius 3 is 2.47 bits per heavy atom. The largest absolute Gasteiger partial charge is 0.479 e. The van der Waals surface area contributed by atoms with Crippen molar-refractivity contribution in [1.82, 2.24) is 9.97 Å². The number of para-hydroxylation sites is 2. The average Bonchev–Trinajstić information content (AvgIpc) is 2.77. The van der Waals surface area contributed by atoms with Gasteiger partial charge in [-0.25, -0.2) is 9.97 Å². The standard InChI is InChI=1S/C22H24N4O2.C2H6/c1-15(23)28-20(24)13-6-3-8-16-9-7-10-17(14-16)21-22(27-2)26-19-12-5-4-11-18(19)25-21;1-2/h3-5,7-12,14-15,24H,6,13,23H2,1-2H3;1-2H3/b8-3+,24-20?;. The van der Waals surface area contributed by atoms with Gasteiger partial charge in [0, 0.05) is 12.0 Å². The van der Waals surface area contributed by atoms with Gasteiger partial charge in [-0.1, -0.05) is 56.3 Å². The molecule has 1 aromatic heterocycles. The summed E-state index contributed by atoms with van der Waals surface area (Å²) in [7, 11) is 1.60. The third-order valence-corrected chi connectivity index (χ3v) is 4.07. The van der Waals surface area contributed by atoms with Crippen LogP contribution >= 0.6 is 0 Å². The number of ether oxygens (including phenoxy) is 2. The van der Waals surface area contributed by atoms with Crippen LogP contribution in [0, 0.1) is 5.41 Å². The lowest BCUT2D eigenvalue weighted by molar-refractivity contribution is 0.207. The number of aromatic nitrogens is 2. The van der Waals surface area contributed by atoms with Crippen molar-refractivity contribution in [3.63, 3.8) is 0 Å². The Morgan fingerprint density at radius 2 is 1.80 bits per heavy atom. The predicted molar refractivity (Wildman–Crippen MR) is 124 cm³/mol. The van der Waals surface area contributed by atoms with Gasteiger partial charge in [0.05, 0.1) is 18.1 Å². The number of hydrogen-bond acceptors (Lipinski definition) is 6. The second-order valence-electron chi connectivity index (χ2n) is 6.38. The molecule has 0 spiro atoms. The number of benzene rings is 2. The van der Waals surface area contributed by atoms with Crippen molar-refractivity contribution in [2.24, 2.45) is 5.73 Å². The normalized spacial score (nSPS) is 11.6. The summed E-state index contributed by atoms with van der Waals surface area (Å²) in [6, 6.07) is 15.8. The topological polar surface area (TPSA) is 94.1 Å². The molecule has 0 radical (unpaired) electrons. The van der Waals surface area contributed by atoms with Crippen LogP contribution in [0.4, 0.5) is 0 Å². The minimum atomic E-state index is -0.453. The van der Waals surface area contributed by atoms with Gasteiger partial charge in [0.2, 0.25) is 5.88 Å². The van der Waals surface area contributed by atoms with Crippen molar-refractivity contribution < 1.29 is 9.47 Å². The highest BCUT2D eigenvalue weighted by molar-refractivity contribution is 5.80. The van der Waals surface area contributed by atoms with Crippen molar-refractivity contribution in [1.29, 1.82) is 5.41 Å². The van der Waals surface area contributed by atoms with Gasteiger partial charge in [0.25, 0.3) is 0 Å². The van der Waals surface area contributed by atoms with Gasteiger partial charge in [-0.3, -0.25) is 11.1 Å². The molecule has 0 saturated heterocycles. The molecule has 0 aliphatic heterocycles. The smallest absolute Gasteiger partial charge is 0.240 e. The number of nitrogens with one attached hydrogen (secondary N) is 1. The van der Waals surface area contributed by atoms with E-state index in [1.54, 1.807) is 14.0 Å². The van der Waals surface area contributed by atoms with E-state index in [1.165, 1.54) is 0 Å². The van der Waals surface area contributed by atoms with E-state index in [-0.39, 0.29) is 5.90 Å². The Labute approximate surface area is 178 Å². The summed E-state index contributed by atoms with van der Waals surface area (Å²) in [5.74, 6) is 0.700. The molecule has 2 aromatic carbocycles. The maximum absolute atomic E-state index is 7.69. The summed E-state index contributed by atoms with van der Waals surface area (Å²) in [5.41, 5.74) is 9.83. The fourth-order valence-electron chi connectivity index (χ4n) is 2.82. The Morgan fingerprint density at radius 1 is 1.10 bits per heavy atom. The molecule has 0 aliphatic rings. The number of allylic oxidation sites excluding steroid dienone is 1. The van der Waals surface area contributed by atoms with Crippen LogP contribution in [0.3, 0.4) is 0 Å². The molecule has 0 aliphatic carbocycles. The molecule has 1 atom stereocenters. The van der Waals surface area contributed by atoms with E-state index < -0.39 is 6.23 Å². The first-order chi connectivity index (χ1) is 14.6. The van der Waals surface area contributed by atoms with Crippen LogP contribution in [0.15, 0.2) is 54.6 Å². The summed E-state index contributed by atoms with van der Waals surface area (Å²) in [4.78, 5) is 9.30. The van der Waals surface area contributed by atoms with Crippen LogP contribution in [0.1, 0.15) is 39.2 Å².